The van der Waals surface area contributed by atoms with Crippen molar-refractivity contribution in [3.63, 3.8) is 0 Å². The maximum absolute atomic E-state index is 11.2. The highest BCUT2D eigenvalue weighted by Gasteiger charge is 2.20. The molecule has 0 radical (unpaired) electrons. The summed E-state index contributed by atoms with van der Waals surface area (Å²) in [4.78, 5) is 12.3. The van der Waals surface area contributed by atoms with Gasteiger partial charge in [0, 0.05) is 15.0 Å². The molecular weight excluding hydrogens is 304 g/mol. The molecule has 1 saturated heterocycles. The number of rotatable bonds is 6. The number of aliphatic carboxylic acids is 1. The van der Waals surface area contributed by atoms with Crippen molar-refractivity contribution in [2.45, 2.75) is 26.1 Å². The fourth-order valence-electron chi connectivity index (χ4n) is 2.63. The summed E-state index contributed by atoms with van der Waals surface area (Å²) in [6.07, 6.45) is 0.485. The van der Waals surface area contributed by atoms with Crippen molar-refractivity contribution < 1.29 is 24.1 Å². The fourth-order valence-corrected chi connectivity index (χ4v) is 3.81. The van der Waals surface area contributed by atoms with E-state index in [1.54, 1.807) is 11.3 Å². The van der Waals surface area contributed by atoms with Gasteiger partial charge in [-0.3, -0.25) is 4.79 Å². The first-order valence-corrected chi connectivity index (χ1v) is 8.11. The lowest BCUT2D eigenvalue weighted by Crippen LogP contribution is -2.18. The normalized spacial score (nSPS) is 15.5. The lowest BCUT2D eigenvalue weighted by Gasteiger charge is -2.12. The number of thiophene rings is 1. The highest BCUT2D eigenvalue weighted by molar-refractivity contribution is 7.19. The molecule has 6 heteroatoms. The zero-order chi connectivity index (χ0) is 15.5. The van der Waals surface area contributed by atoms with E-state index < -0.39 is 5.97 Å². The van der Waals surface area contributed by atoms with Crippen LogP contribution >= 0.6 is 11.3 Å². The quantitative estimate of drug-likeness (QED) is 0.886. The molecule has 2 aromatic rings. The van der Waals surface area contributed by atoms with Gasteiger partial charge in [-0.2, -0.15) is 0 Å². The predicted octanol–water partition coefficient (Wildman–Crippen LogP) is 2.84. The van der Waals surface area contributed by atoms with Crippen LogP contribution in [0.2, 0.25) is 0 Å². The van der Waals surface area contributed by atoms with Crippen LogP contribution in [0.25, 0.3) is 10.1 Å². The highest BCUT2D eigenvalue weighted by atomic mass is 32.1. The molecule has 1 aliphatic rings. The van der Waals surface area contributed by atoms with E-state index in [1.165, 1.54) is 0 Å². The van der Waals surface area contributed by atoms with E-state index in [2.05, 4.69) is 0 Å². The van der Waals surface area contributed by atoms with Crippen molar-refractivity contribution in [3.05, 3.63) is 28.6 Å². The molecule has 2 heterocycles. The van der Waals surface area contributed by atoms with Gasteiger partial charge in [0.05, 0.1) is 19.6 Å². The average molecular weight is 322 g/mol. The molecular formula is C16H18O5S. The van der Waals surface area contributed by atoms with E-state index in [4.69, 9.17) is 14.2 Å². The second-order valence-electron chi connectivity index (χ2n) is 5.04. The molecule has 1 aliphatic heterocycles. The molecule has 0 aliphatic carbocycles. The molecule has 0 saturated carbocycles. The summed E-state index contributed by atoms with van der Waals surface area (Å²) in [6.45, 7) is 3.52. The molecule has 0 bridgehead atoms. The zero-order valence-corrected chi connectivity index (χ0v) is 13.1. The largest absolute Gasteiger partial charge is 0.488 e. The van der Waals surface area contributed by atoms with Crippen molar-refractivity contribution in [1.29, 1.82) is 0 Å². The van der Waals surface area contributed by atoms with Crippen LogP contribution in [0.5, 0.6) is 5.75 Å². The number of aryl methyl sites for hydroxylation is 1. The van der Waals surface area contributed by atoms with Gasteiger partial charge in [0.1, 0.15) is 12.4 Å². The van der Waals surface area contributed by atoms with Gasteiger partial charge in [0.2, 0.25) is 0 Å². The first kappa shape index (κ1) is 15.3. The minimum atomic E-state index is -0.827. The topological polar surface area (TPSA) is 65.0 Å². The second-order valence-corrected chi connectivity index (χ2v) is 6.18. The summed E-state index contributed by atoms with van der Waals surface area (Å²) in [7, 11) is 0. The zero-order valence-electron chi connectivity index (χ0n) is 12.3. The molecule has 0 spiro atoms. The molecule has 5 nitrogen and oxygen atoms in total. The Morgan fingerprint density at radius 1 is 1.41 bits per heavy atom. The van der Waals surface area contributed by atoms with Gasteiger partial charge in [-0.25, -0.2) is 0 Å². The van der Waals surface area contributed by atoms with Gasteiger partial charge in [-0.05, 0) is 24.1 Å². The van der Waals surface area contributed by atoms with Crippen LogP contribution in [0, 0.1) is 0 Å². The molecule has 1 aromatic heterocycles. The molecule has 0 amide bonds. The van der Waals surface area contributed by atoms with Gasteiger partial charge >= 0.3 is 5.97 Å². The SMILES string of the molecule is CCc1sc2cccc(OCC3OCCO3)c2c1CC(=O)O. The van der Waals surface area contributed by atoms with E-state index in [1.807, 2.05) is 25.1 Å². The molecule has 3 rings (SSSR count). The van der Waals surface area contributed by atoms with Crippen molar-refractivity contribution >= 4 is 27.4 Å². The number of ether oxygens (including phenoxy) is 3. The van der Waals surface area contributed by atoms with Crippen LogP contribution in [0.1, 0.15) is 17.4 Å². The molecule has 1 aromatic carbocycles. The van der Waals surface area contributed by atoms with E-state index in [0.717, 1.165) is 26.9 Å². The van der Waals surface area contributed by atoms with Gasteiger partial charge < -0.3 is 19.3 Å². The van der Waals surface area contributed by atoms with Crippen molar-refractivity contribution in [1.82, 2.24) is 0 Å². The standard InChI is InChI=1S/C16H18O5S/c1-2-12-10(8-14(17)18)16-11(4-3-5-13(16)22-12)21-9-15-19-6-7-20-15/h3-5,15H,2,6-9H2,1H3,(H,17,18). The summed E-state index contributed by atoms with van der Waals surface area (Å²) in [5.74, 6) is -0.129. The Kier molecular flexibility index (Phi) is 4.61. The Balaban J connectivity index is 1.94. The van der Waals surface area contributed by atoms with E-state index >= 15 is 0 Å². The maximum Gasteiger partial charge on any atom is 0.307 e. The number of hydrogen-bond acceptors (Lipinski definition) is 5. The number of fused-ring (bicyclic) bond motifs is 1. The Labute approximate surface area is 132 Å². The summed E-state index contributed by atoms with van der Waals surface area (Å²) in [5, 5.41) is 10.1. The molecule has 118 valence electrons. The van der Waals surface area contributed by atoms with Crippen LogP contribution in [-0.2, 0) is 27.1 Å². The molecule has 1 fully saturated rings. The molecule has 1 N–H and O–H groups in total. The van der Waals surface area contributed by atoms with E-state index in [-0.39, 0.29) is 12.7 Å². The van der Waals surface area contributed by atoms with Crippen molar-refractivity contribution in [2.75, 3.05) is 19.8 Å². The minimum absolute atomic E-state index is 0.0139. The monoisotopic (exact) mass is 322 g/mol. The first-order chi connectivity index (χ1) is 10.7. The average Bonchev–Trinajstić information content (AvgIpc) is 3.12. The van der Waals surface area contributed by atoms with Crippen LogP contribution < -0.4 is 4.74 Å². The Hall–Kier alpha value is -1.63. The van der Waals surface area contributed by atoms with E-state index in [9.17, 15) is 9.90 Å². The van der Waals surface area contributed by atoms with Gasteiger partial charge in [0.15, 0.2) is 6.29 Å². The van der Waals surface area contributed by atoms with E-state index in [0.29, 0.717) is 25.6 Å². The Bertz CT molecular complexity index is 672. The molecule has 0 atom stereocenters. The number of benzene rings is 1. The highest BCUT2D eigenvalue weighted by Crippen LogP contribution is 2.38. The molecule has 22 heavy (non-hydrogen) atoms. The van der Waals surface area contributed by atoms with Crippen molar-refractivity contribution in [2.24, 2.45) is 0 Å². The lowest BCUT2D eigenvalue weighted by molar-refractivity contribution is -0.136. The predicted molar refractivity (Wildman–Crippen MR) is 83.7 cm³/mol. The summed E-state index contributed by atoms with van der Waals surface area (Å²) in [6, 6.07) is 5.79. The van der Waals surface area contributed by atoms with Gasteiger partial charge in [-0.1, -0.05) is 13.0 Å². The second kappa shape index (κ2) is 6.64. The Morgan fingerprint density at radius 3 is 2.86 bits per heavy atom. The lowest BCUT2D eigenvalue weighted by atomic mass is 10.1. The number of carbonyl (C=O) groups is 1. The maximum atomic E-state index is 11.2. The summed E-state index contributed by atoms with van der Waals surface area (Å²) < 4.78 is 17.6. The minimum Gasteiger partial charge on any atom is -0.488 e. The van der Waals surface area contributed by atoms with Gasteiger partial charge in [0.25, 0.3) is 0 Å². The third-order valence-corrected chi connectivity index (χ3v) is 4.92. The summed E-state index contributed by atoms with van der Waals surface area (Å²) >= 11 is 1.63. The smallest absolute Gasteiger partial charge is 0.307 e. The fraction of sp³-hybridized carbons (Fsp3) is 0.438. The third kappa shape index (κ3) is 3.09. The van der Waals surface area contributed by atoms with Gasteiger partial charge in [-0.15, -0.1) is 11.3 Å². The van der Waals surface area contributed by atoms with Crippen molar-refractivity contribution in [3.8, 4) is 5.75 Å². The first-order valence-electron chi connectivity index (χ1n) is 7.30. The van der Waals surface area contributed by atoms with Crippen LogP contribution in [0.15, 0.2) is 18.2 Å². The molecule has 0 unspecified atom stereocenters. The van der Waals surface area contributed by atoms with Crippen LogP contribution in [-0.4, -0.2) is 37.2 Å². The Morgan fingerprint density at radius 2 is 2.18 bits per heavy atom. The summed E-state index contributed by atoms with van der Waals surface area (Å²) in [5.41, 5.74) is 0.860. The number of carboxylic acids is 1. The van der Waals surface area contributed by atoms with Crippen LogP contribution in [0.4, 0.5) is 0 Å². The number of hydrogen-bond donors (Lipinski definition) is 1. The van der Waals surface area contributed by atoms with Crippen LogP contribution in [0.3, 0.4) is 0 Å². The third-order valence-electron chi connectivity index (χ3n) is 3.57. The number of carboxylic acid groups (broad SMARTS) is 1.